The molecule has 0 saturated carbocycles. The first-order valence-corrected chi connectivity index (χ1v) is 14.4. The molecule has 2 atom stereocenters. The number of carbonyl (C=O) groups is 1. The number of carbonyl (C=O) groups excluding carboxylic acids is 1. The number of aliphatic hydroxyl groups excluding tert-OH is 1. The van der Waals surface area contributed by atoms with E-state index in [9.17, 15) is 18.3 Å². The smallest absolute Gasteiger partial charge is 0.410 e. The fourth-order valence-corrected chi connectivity index (χ4v) is 3.80. The van der Waals surface area contributed by atoms with Crippen LogP contribution in [0.3, 0.4) is 0 Å². The van der Waals surface area contributed by atoms with Crippen LogP contribution in [0, 0.1) is 12.8 Å². The average molecular weight is 530 g/mol. The van der Waals surface area contributed by atoms with Crippen molar-refractivity contribution in [1.82, 2.24) is 4.90 Å². The van der Waals surface area contributed by atoms with Gasteiger partial charge in [-0.25, -0.2) is 4.79 Å². The Morgan fingerprint density at radius 2 is 1.64 bits per heavy atom. The summed E-state index contributed by atoms with van der Waals surface area (Å²) in [6, 6.07) is 6.40. The molecule has 1 aromatic rings. The number of hydrogen-bond acceptors (Lipinski definition) is 6. The number of ether oxygens (including phenoxy) is 1. The van der Waals surface area contributed by atoms with E-state index in [-0.39, 0.29) is 23.8 Å². The third-order valence-electron chi connectivity index (χ3n) is 4.72. The van der Waals surface area contributed by atoms with E-state index in [1.54, 1.807) is 37.8 Å². The number of benzene rings is 1. The van der Waals surface area contributed by atoms with Gasteiger partial charge in [-0.2, -0.15) is 8.42 Å². The number of likely N-dealkylation sites (tertiary alicyclic amines) is 1. The van der Waals surface area contributed by atoms with Crippen LogP contribution in [0.1, 0.15) is 87.1 Å². The van der Waals surface area contributed by atoms with E-state index in [4.69, 9.17) is 8.92 Å². The Labute approximate surface area is 221 Å². The highest BCUT2D eigenvalue weighted by Gasteiger charge is 2.33. The monoisotopic (exact) mass is 529 g/mol. The van der Waals surface area contributed by atoms with Crippen molar-refractivity contribution in [2.75, 3.05) is 19.7 Å². The van der Waals surface area contributed by atoms with Crippen LogP contribution in [-0.4, -0.2) is 55.9 Å². The van der Waals surface area contributed by atoms with Gasteiger partial charge in [-0.15, -0.1) is 0 Å². The summed E-state index contributed by atoms with van der Waals surface area (Å²) < 4.78 is 34.7. The van der Waals surface area contributed by atoms with Gasteiger partial charge >= 0.3 is 6.09 Å². The van der Waals surface area contributed by atoms with Crippen LogP contribution in [0.15, 0.2) is 41.3 Å². The number of amides is 1. The molecule has 1 unspecified atom stereocenters. The highest BCUT2D eigenvalue weighted by molar-refractivity contribution is 7.86. The minimum Gasteiger partial charge on any atom is -0.444 e. The molecule has 2 rings (SSSR count). The number of allylic oxidation sites excluding steroid dienone is 2. The molecule has 210 valence electrons. The molecule has 0 bridgehead atoms. The van der Waals surface area contributed by atoms with Gasteiger partial charge < -0.3 is 14.7 Å². The number of nitrogens with zero attached hydrogens (tertiary/aromatic N) is 1. The molecule has 1 amide bonds. The Bertz CT molecular complexity index is 825. The fraction of sp³-hybridized carbons (Fsp3) is 0.679. The number of aliphatic hydroxyl groups is 1. The maximum absolute atomic E-state index is 12.1. The summed E-state index contributed by atoms with van der Waals surface area (Å²) in [4.78, 5) is 13.7. The lowest BCUT2D eigenvalue weighted by Gasteiger charge is -2.25. The van der Waals surface area contributed by atoms with Gasteiger partial charge in [0.1, 0.15) is 5.60 Å². The highest BCUT2D eigenvalue weighted by atomic mass is 32.2. The van der Waals surface area contributed by atoms with Crippen LogP contribution in [0.25, 0.3) is 0 Å². The summed E-state index contributed by atoms with van der Waals surface area (Å²) >= 11 is 0. The van der Waals surface area contributed by atoms with Crippen molar-refractivity contribution in [2.45, 2.75) is 105 Å². The molecule has 0 aromatic heterocycles. The van der Waals surface area contributed by atoms with Gasteiger partial charge in [0.2, 0.25) is 0 Å². The molecule has 1 aliphatic heterocycles. The highest BCUT2D eigenvalue weighted by Crippen LogP contribution is 2.24. The normalized spacial score (nSPS) is 16.1. The van der Waals surface area contributed by atoms with Gasteiger partial charge in [0.15, 0.2) is 0 Å². The molecule has 1 saturated heterocycles. The molecule has 0 spiro atoms. The van der Waals surface area contributed by atoms with E-state index in [0.717, 1.165) is 5.56 Å². The molecular formula is C28H51NO6S. The van der Waals surface area contributed by atoms with Gasteiger partial charge in [0, 0.05) is 19.0 Å². The third kappa shape index (κ3) is 16.0. The third-order valence-corrected chi connectivity index (χ3v) is 6.04. The van der Waals surface area contributed by atoms with Crippen LogP contribution in [0.2, 0.25) is 0 Å². The summed E-state index contributed by atoms with van der Waals surface area (Å²) in [6.07, 6.45) is 4.93. The maximum atomic E-state index is 12.1. The molecule has 1 aliphatic rings. The molecular weight excluding hydrogens is 478 g/mol. The van der Waals surface area contributed by atoms with Crippen LogP contribution in [0.4, 0.5) is 4.79 Å². The SMILES string of the molecule is C/C=C\C.CC.CCC.Cc1ccc(S(=O)(=O)OCCC(O)[C@H]2CCN(C(=O)OC(C)(C)C)C2)cc1. The Kier molecular flexibility index (Phi) is 19.4. The molecule has 1 fully saturated rings. The van der Waals surface area contributed by atoms with Gasteiger partial charge in [-0.05, 0) is 66.5 Å². The predicted octanol–water partition coefficient (Wildman–Crippen LogP) is 6.73. The summed E-state index contributed by atoms with van der Waals surface area (Å²) in [5.41, 5.74) is 0.395. The first-order valence-electron chi connectivity index (χ1n) is 13.0. The van der Waals surface area contributed by atoms with Crippen LogP contribution in [-0.2, 0) is 19.0 Å². The largest absolute Gasteiger partial charge is 0.444 e. The average Bonchev–Trinajstić information content (AvgIpc) is 3.31. The number of rotatable bonds is 6. The van der Waals surface area contributed by atoms with E-state index in [1.807, 2.05) is 46.8 Å². The zero-order valence-electron chi connectivity index (χ0n) is 24.2. The second-order valence-electron chi connectivity index (χ2n) is 9.29. The summed E-state index contributed by atoms with van der Waals surface area (Å²) in [7, 11) is -3.84. The predicted molar refractivity (Wildman–Crippen MR) is 149 cm³/mol. The molecule has 8 heteroatoms. The molecule has 1 heterocycles. The zero-order valence-corrected chi connectivity index (χ0v) is 25.0. The molecule has 36 heavy (non-hydrogen) atoms. The standard InChI is InChI=1S/C19H29NO6S.C4H8.C3H8.C2H6/c1-14-5-7-16(8-6-14)27(23,24)25-12-10-17(21)15-9-11-20(13-15)18(22)26-19(2,3)4;1-3-4-2;1-3-2;1-2/h5-8,15,17,21H,9-13H2,1-4H3;3-4H,1-2H3;3H2,1-2H3;1-2H3/b;4-3-;;/t15-,17?;;;/m0.../s1. The van der Waals surface area contributed by atoms with Crippen molar-refractivity contribution in [3.05, 3.63) is 42.0 Å². The van der Waals surface area contributed by atoms with Gasteiger partial charge in [0.05, 0.1) is 17.6 Å². The van der Waals surface area contributed by atoms with Crippen molar-refractivity contribution in [3.8, 4) is 0 Å². The van der Waals surface area contributed by atoms with E-state index in [0.29, 0.717) is 19.5 Å². The van der Waals surface area contributed by atoms with Gasteiger partial charge in [0.25, 0.3) is 10.1 Å². The lowest BCUT2D eigenvalue weighted by atomic mass is 9.99. The molecule has 0 aliphatic carbocycles. The Morgan fingerprint density at radius 3 is 2.08 bits per heavy atom. The minimum atomic E-state index is -3.84. The Balaban J connectivity index is 0. The van der Waals surface area contributed by atoms with Gasteiger partial charge in [-0.3, -0.25) is 4.18 Å². The summed E-state index contributed by atoms with van der Waals surface area (Å²) in [5, 5.41) is 10.3. The topological polar surface area (TPSA) is 93.1 Å². The van der Waals surface area contributed by atoms with Crippen molar-refractivity contribution in [2.24, 2.45) is 5.92 Å². The van der Waals surface area contributed by atoms with E-state index in [2.05, 4.69) is 13.8 Å². The number of aryl methyl sites for hydroxylation is 1. The van der Waals surface area contributed by atoms with Crippen LogP contribution in [0.5, 0.6) is 0 Å². The van der Waals surface area contributed by atoms with Crippen molar-refractivity contribution >= 4 is 16.2 Å². The van der Waals surface area contributed by atoms with Crippen molar-refractivity contribution < 1.29 is 27.2 Å². The van der Waals surface area contributed by atoms with Crippen molar-refractivity contribution in [1.29, 1.82) is 0 Å². The Morgan fingerprint density at radius 1 is 1.14 bits per heavy atom. The van der Waals surface area contributed by atoms with Gasteiger partial charge in [-0.1, -0.05) is 64.0 Å². The molecule has 1 N–H and O–H groups in total. The first kappa shape index (κ1) is 36.3. The summed E-state index contributed by atoms with van der Waals surface area (Å²) in [5.74, 6) is -0.122. The van der Waals surface area contributed by atoms with E-state index in [1.165, 1.54) is 18.6 Å². The molecule has 0 radical (unpaired) electrons. The molecule has 1 aromatic carbocycles. The van der Waals surface area contributed by atoms with Crippen LogP contribution < -0.4 is 0 Å². The summed E-state index contributed by atoms with van der Waals surface area (Å²) in [6.45, 7) is 20.3. The van der Waals surface area contributed by atoms with E-state index >= 15 is 0 Å². The second-order valence-corrected chi connectivity index (χ2v) is 10.9. The molecule has 7 nitrogen and oxygen atoms in total. The fourth-order valence-electron chi connectivity index (χ4n) is 2.88. The lowest BCUT2D eigenvalue weighted by Crippen LogP contribution is -2.36. The Hall–Kier alpha value is -1.90. The first-order chi connectivity index (χ1) is 16.8. The maximum Gasteiger partial charge on any atom is 0.410 e. The quantitative estimate of drug-likeness (QED) is 0.324. The minimum absolute atomic E-state index is 0.0968. The lowest BCUT2D eigenvalue weighted by molar-refractivity contribution is 0.0263. The van der Waals surface area contributed by atoms with Crippen molar-refractivity contribution in [3.63, 3.8) is 0 Å². The van der Waals surface area contributed by atoms with Crippen LogP contribution >= 0.6 is 0 Å². The van der Waals surface area contributed by atoms with E-state index < -0.39 is 27.9 Å². The second kappa shape index (κ2) is 19.2. The number of hydrogen-bond donors (Lipinski definition) is 1. The zero-order chi connectivity index (χ0) is 28.4.